The fourth-order valence-electron chi connectivity index (χ4n) is 1.93. The molecule has 0 fully saturated rings. The van der Waals surface area contributed by atoms with Gasteiger partial charge in [0.25, 0.3) is 0 Å². The molecule has 0 saturated heterocycles. The molecule has 0 bridgehead atoms. The Morgan fingerprint density at radius 2 is 1.95 bits per heavy atom. The van der Waals surface area contributed by atoms with Gasteiger partial charge in [0.05, 0.1) is 12.5 Å². The van der Waals surface area contributed by atoms with Crippen LogP contribution < -0.4 is 10.4 Å². The summed E-state index contributed by atoms with van der Waals surface area (Å²) in [5.41, 5.74) is 0.683. The Labute approximate surface area is 131 Å². The summed E-state index contributed by atoms with van der Waals surface area (Å²) in [6.45, 7) is 0. The number of carboxylic acid groups (broad SMARTS) is 1. The Morgan fingerprint density at radius 1 is 1.24 bits per heavy atom. The van der Waals surface area contributed by atoms with E-state index in [4.69, 9.17) is 11.6 Å². The second-order valence-electron chi connectivity index (χ2n) is 4.50. The Morgan fingerprint density at radius 3 is 2.52 bits per heavy atom. The second-order valence-corrected chi connectivity index (χ2v) is 5.97. The standard InChI is InChI=1S/C15H14ClNO3S/c16-11-5-3-10(4-6-11)13(9-15(19)20)17-14(18)8-12-2-1-7-21-12/h1-7,13H,8-9H2,(H,17,18)(H,19,20)/p-1/t13-/m1/s1. The van der Waals surface area contributed by atoms with Crippen LogP contribution in [-0.4, -0.2) is 11.9 Å². The summed E-state index contributed by atoms with van der Waals surface area (Å²) < 4.78 is 0. The highest BCUT2D eigenvalue weighted by atomic mass is 35.5. The van der Waals surface area contributed by atoms with Crippen LogP contribution in [0.3, 0.4) is 0 Å². The number of halogens is 1. The van der Waals surface area contributed by atoms with Gasteiger partial charge in [0.1, 0.15) is 0 Å². The number of hydrogen-bond donors (Lipinski definition) is 1. The molecule has 1 heterocycles. The van der Waals surface area contributed by atoms with Gasteiger partial charge >= 0.3 is 0 Å². The van der Waals surface area contributed by atoms with Crippen molar-refractivity contribution in [3.63, 3.8) is 0 Å². The summed E-state index contributed by atoms with van der Waals surface area (Å²) in [4.78, 5) is 23.8. The second kappa shape index (κ2) is 7.24. The van der Waals surface area contributed by atoms with Crippen molar-refractivity contribution in [1.29, 1.82) is 0 Å². The van der Waals surface area contributed by atoms with E-state index in [1.54, 1.807) is 24.3 Å². The van der Waals surface area contributed by atoms with Crippen molar-refractivity contribution >= 4 is 34.8 Å². The number of benzene rings is 1. The third-order valence-corrected chi connectivity index (χ3v) is 4.02. The van der Waals surface area contributed by atoms with Crippen molar-refractivity contribution in [1.82, 2.24) is 5.32 Å². The van der Waals surface area contributed by atoms with Crippen molar-refractivity contribution in [2.75, 3.05) is 0 Å². The van der Waals surface area contributed by atoms with Crippen LogP contribution in [-0.2, 0) is 16.0 Å². The van der Waals surface area contributed by atoms with E-state index in [0.29, 0.717) is 10.6 Å². The van der Waals surface area contributed by atoms with E-state index in [0.717, 1.165) is 4.88 Å². The molecule has 0 aliphatic carbocycles. The third-order valence-electron chi connectivity index (χ3n) is 2.89. The molecule has 1 atom stereocenters. The van der Waals surface area contributed by atoms with Crippen LogP contribution in [0.15, 0.2) is 41.8 Å². The van der Waals surface area contributed by atoms with Crippen LogP contribution in [0.1, 0.15) is 22.9 Å². The van der Waals surface area contributed by atoms with Gasteiger partial charge in [-0.1, -0.05) is 29.8 Å². The Bertz CT molecular complexity index is 610. The highest BCUT2D eigenvalue weighted by Gasteiger charge is 2.15. The van der Waals surface area contributed by atoms with E-state index in [9.17, 15) is 14.7 Å². The molecule has 2 aromatic rings. The van der Waals surface area contributed by atoms with E-state index in [2.05, 4.69) is 5.32 Å². The molecule has 0 radical (unpaired) electrons. The monoisotopic (exact) mass is 322 g/mol. The molecule has 4 nitrogen and oxygen atoms in total. The van der Waals surface area contributed by atoms with Crippen LogP contribution in [0.2, 0.25) is 5.02 Å². The lowest BCUT2D eigenvalue weighted by Crippen LogP contribution is -2.34. The minimum absolute atomic E-state index is 0.223. The molecule has 1 aromatic heterocycles. The summed E-state index contributed by atoms with van der Waals surface area (Å²) in [5.74, 6) is -1.44. The fourth-order valence-corrected chi connectivity index (χ4v) is 2.76. The Kier molecular flexibility index (Phi) is 5.36. The number of aliphatic carboxylic acids is 1. The maximum atomic E-state index is 12.0. The summed E-state index contributed by atoms with van der Waals surface area (Å²) in [6, 6.07) is 9.81. The van der Waals surface area contributed by atoms with Gasteiger partial charge in [0.15, 0.2) is 0 Å². The summed E-state index contributed by atoms with van der Waals surface area (Å²) in [5, 5.41) is 16.0. The fraction of sp³-hybridized carbons (Fsp3) is 0.200. The lowest BCUT2D eigenvalue weighted by molar-refractivity contribution is -0.306. The smallest absolute Gasteiger partial charge is 0.225 e. The molecule has 6 heteroatoms. The summed E-state index contributed by atoms with van der Waals surface area (Å²) in [6.07, 6.45) is -0.0490. The van der Waals surface area contributed by atoms with Crippen LogP contribution in [0, 0.1) is 0 Å². The maximum absolute atomic E-state index is 12.0. The highest BCUT2D eigenvalue weighted by molar-refractivity contribution is 7.10. The molecule has 1 amide bonds. The minimum Gasteiger partial charge on any atom is -0.550 e. The quantitative estimate of drug-likeness (QED) is 0.883. The number of amides is 1. The van der Waals surface area contributed by atoms with Crippen molar-refractivity contribution in [2.45, 2.75) is 18.9 Å². The topological polar surface area (TPSA) is 69.2 Å². The first kappa shape index (κ1) is 15.5. The SMILES string of the molecule is O=C([O-])C[C@@H](NC(=O)Cc1cccs1)c1ccc(Cl)cc1. The number of carbonyl (C=O) groups is 2. The number of carboxylic acids is 1. The van der Waals surface area contributed by atoms with Gasteiger partial charge in [0.2, 0.25) is 5.91 Å². The molecule has 0 aliphatic rings. The molecule has 2 rings (SSSR count). The summed E-state index contributed by atoms with van der Waals surface area (Å²) >= 11 is 7.29. The first-order chi connectivity index (χ1) is 10.0. The average Bonchev–Trinajstić information content (AvgIpc) is 2.91. The van der Waals surface area contributed by atoms with E-state index in [1.807, 2.05) is 17.5 Å². The molecule has 0 unspecified atom stereocenters. The lowest BCUT2D eigenvalue weighted by Gasteiger charge is -2.19. The molecule has 0 spiro atoms. The lowest BCUT2D eigenvalue weighted by atomic mass is 10.0. The Hall–Kier alpha value is -1.85. The zero-order chi connectivity index (χ0) is 15.2. The van der Waals surface area contributed by atoms with Crippen LogP contribution in [0.5, 0.6) is 0 Å². The van der Waals surface area contributed by atoms with Crippen molar-refractivity contribution in [3.8, 4) is 0 Å². The molecule has 0 aliphatic heterocycles. The molecule has 110 valence electrons. The minimum atomic E-state index is -1.22. The molecule has 1 N–H and O–H groups in total. The zero-order valence-electron chi connectivity index (χ0n) is 11.0. The average molecular weight is 323 g/mol. The number of rotatable bonds is 6. The van der Waals surface area contributed by atoms with Gasteiger partial charge in [-0.25, -0.2) is 0 Å². The number of carbonyl (C=O) groups excluding carboxylic acids is 2. The van der Waals surface area contributed by atoms with E-state index < -0.39 is 12.0 Å². The van der Waals surface area contributed by atoms with E-state index in [1.165, 1.54) is 11.3 Å². The van der Waals surface area contributed by atoms with Gasteiger partial charge in [-0.3, -0.25) is 4.79 Å². The van der Waals surface area contributed by atoms with Gasteiger partial charge < -0.3 is 15.2 Å². The third kappa shape index (κ3) is 4.88. The highest BCUT2D eigenvalue weighted by Crippen LogP contribution is 2.20. The van der Waals surface area contributed by atoms with Gasteiger partial charge in [-0.15, -0.1) is 11.3 Å². The van der Waals surface area contributed by atoms with Crippen molar-refractivity contribution < 1.29 is 14.7 Å². The number of nitrogens with one attached hydrogen (secondary N) is 1. The van der Waals surface area contributed by atoms with Crippen LogP contribution in [0.25, 0.3) is 0 Å². The molecular weight excluding hydrogens is 310 g/mol. The van der Waals surface area contributed by atoms with E-state index >= 15 is 0 Å². The number of thiophene rings is 1. The van der Waals surface area contributed by atoms with Crippen LogP contribution in [0.4, 0.5) is 0 Å². The van der Waals surface area contributed by atoms with Crippen LogP contribution >= 0.6 is 22.9 Å². The molecular formula is C15H13ClNO3S-. The van der Waals surface area contributed by atoms with E-state index in [-0.39, 0.29) is 18.7 Å². The zero-order valence-corrected chi connectivity index (χ0v) is 12.6. The van der Waals surface area contributed by atoms with Crippen molar-refractivity contribution in [2.24, 2.45) is 0 Å². The Balaban J connectivity index is 2.07. The molecule has 0 saturated carbocycles. The van der Waals surface area contributed by atoms with Gasteiger partial charge in [-0.2, -0.15) is 0 Å². The molecule has 1 aromatic carbocycles. The maximum Gasteiger partial charge on any atom is 0.225 e. The van der Waals surface area contributed by atoms with Crippen molar-refractivity contribution in [3.05, 3.63) is 57.2 Å². The largest absolute Gasteiger partial charge is 0.550 e. The normalized spacial score (nSPS) is 11.9. The molecule has 21 heavy (non-hydrogen) atoms. The first-order valence-electron chi connectivity index (χ1n) is 6.31. The summed E-state index contributed by atoms with van der Waals surface area (Å²) in [7, 11) is 0. The van der Waals surface area contributed by atoms with Gasteiger partial charge in [-0.05, 0) is 29.1 Å². The predicted molar refractivity (Wildman–Crippen MR) is 80.0 cm³/mol. The number of hydrogen-bond acceptors (Lipinski definition) is 4. The first-order valence-corrected chi connectivity index (χ1v) is 7.57. The predicted octanol–water partition coefficient (Wildman–Crippen LogP) is 1.94. The van der Waals surface area contributed by atoms with Gasteiger partial charge in [0, 0.05) is 22.3 Å².